The Labute approximate surface area is 190 Å². The van der Waals surface area contributed by atoms with Gasteiger partial charge in [-0.3, -0.25) is 0 Å². The number of pyridine rings is 2. The average Bonchev–Trinajstić information content (AvgIpc) is 3.14. The van der Waals surface area contributed by atoms with Gasteiger partial charge in [-0.05, 0) is 77.9 Å². The van der Waals surface area contributed by atoms with Crippen molar-refractivity contribution in [3.8, 4) is 11.1 Å². The summed E-state index contributed by atoms with van der Waals surface area (Å²) in [5, 5.41) is 5.76. The molecule has 0 N–H and O–H groups in total. The number of aryl methyl sites for hydroxylation is 3. The van der Waals surface area contributed by atoms with E-state index in [0.29, 0.717) is 0 Å². The predicted molar refractivity (Wildman–Crippen MR) is 135 cm³/mol. The Bertz CT molecular complexity index is 1890. The Morgan fingerprint density at radius 3 is 2.39 bits per heavy atom. The maximum absolute atomic E-state index is 14.4. The summed E-state index contributed by atoms with van der Waals surface area (Å²) >= 11 is 0. The van der Waals surface area contributed by atoms with Crippen molar-refractivity contribution in [1.82, 2.24) is 4.40 Å². The van der Waals surface area contributed by atoms with Crippen LogP contribution in [0.15, 0.2) is 79.0 Å². The standard InChI is InChI=1S/C30H22FN2/c1-17-13-24-23-16-22(31)9-10-25(23)33-26-15-21(19-7-5-4-6-8-19)14-20-11-12-32(3)30(28(20)26)27(18(17)2)29(24)33/h4-16H,1-3H3/q+1. The molecular formula is C30H22FN2+. The molecule has 4 aromatic carbocycles. The molecule has 0 aliphatic carbocycles. The second-order valence-electron chi connectivity index (χ2n) is 9.19. The van der Waals surface area contributed by atoms with Crippen LogP contribution in [0.4, 0.5) is 4.39 Å². The maximum atomic E-state index is 14.4. The van der Waals surface area contributed by atoms with Crippen molar-refractivity contribution >= 4 is 49.0 Å². The number of hydrogen-bond acceptors (Lipinski definition) is 0. The predicted octanol–water partition coefficient (Wildman–Crippen LogP) is 7.24. The van der Waals surface area contributed by atoms with Crippen LogP contribution in [-0.2, 0) is 7.05 Å². The molecule has 3 heterocycles. The summed E-state index contributed by atoms with van der Waals surface area (Å²) in [6.45, 7) is 4.36. The lowest BCUT2D eigenvalue weighted by molar-refractivity contribution is -0.643. The van der Waals surface area contributed by atoms with Crippen LogP contribution in [-0.4, -0.2) is 4.40 Å². The molecule has 0 spiro atoms. The number of rotatable bonds is 1. The number of halogens is 1. The Morgan fingerprint density at radius 2 is 1.58 bits per heavy atom. The minimum atomic E-state index is -0.202. The van der Waals surface area contributed by atoms with E-state index in [1.807, 2.05) is 12.1 Å². The molecule has 0 radical (unpaired) electrons. The van der Waals surface area contributed by atoms with Gasteiger partial charge in [0.2, 0.25) is 5.52 Å². The first-order valence-corrected chi connectivity index (χ1v) is 11.3. The molecule has 0 aliphatic heterocycles. The highest BCUT2D eigenvalue weighted by Crippen LogP contribution is 2.42. The summed E-state index contributed by atoms with van der Waals surface area (Å²) in [6.07, 6.45) is 2.15. The number of hydrogen-bond donors (Lipinski definition) is 0. The third-order valence-corrected chi connectivity index (χ3v) is 7.33. The van der Waals surface area contributed by atoms with Gasteiger partial charge in [-0.2, -0.15) is 0 Å². The third-order valence-electron chi connectivity index (χ3n) is 7.33. The van der Waals surface area contributed by atoms with Gasteiger partial charge >= 0.3 is 0 Å². The Balaban J connectivity index is 1.86. The van der Waals surface area contributed by atoms with Crippen molar-refractivity contribution in [2.45, 2.75) is 13.8 Å². The molecule has 0 aliphatic rings. The van der Waals surface area contributed by atoms with E-state index in [9.17, 15) is 4.39 Å². The van der Waals surface area contributed by atoms with Gasteiger partial charge in [0.25, 0.3) is 0 Å². The number of fused-ring (bicyclic) bond motifs is 5. The summed E-state index contributed by atoms with van der Waals surface area (Å²) in [6, 6.07) is 24.7. The molecule has 0 saturated heterocycles. The number of benzene rings is 4. The van der Waals surface area contributed by atoms with Crippen LogP contribution in [0.25, 0.3) is 60.1 Å². The van der Waals surface area contributed by atoms with Crippen LogP contribution in [0.2, 0.25) is 0 Å². The van der Waals surface area contributed by atoms with Gasteiger partial charge in [0.05, 0.1) is 27.3 Å². The SMILES string of the molecule is Cc1cc2c3cc(F)ccc3n3c4cc(-c5ccccc5)cc5cc[n+](C)c(c(c1C)c23)c54. The minimum absolute atomic E-state index is 0.202. The van der Waals surface area contributed by atoms with Gasteiger partial charge in [0, 0.05) is 16.8 Å². The molecular weight excluding hydrogens is 407 g/mol. The van der Waals surface area contributed by atoms with Gasteiger partial charge in [-0.1, -0.05) is 30.3 Å². The number of aromatic nitrogens is 2. The van der Waals surface area contributed by atoms with E-state index >= 15 is 0 Å². The summed E-state index contributed by atoms with van der Waals surface area (Å²) < 4.78 is 19.0. The molecule has 0 bridgehead atoms. The zero-order valence-corrected chi connectivity index (χ0v) is 18.8. The van der Waals surface area contributed by atoms with Crippen LogP contribution >= 0.6 is 0 Å². The Hall–Kier alpha value is -3.98. The molecule has 158 valence electrons. The van der Waals surface area contributed by atoms with Crippen LogP contribution < -0.4 is 4.57 Å². The van der Waals surface area contributed by atoms with Crippen molar-refractivity contribution in [3.63, 3.8) is 0 Å². The van der Waals surface area contributed by atoms with Crippen molar-refractivity contribution in [2.24, 2.45) is 7.05 Å². The van der Waals surface area contributed by atoms with Crippen LogP contribution in [0, 0.1) is 19.7 Å². The van der Waals surface area contributed by atoms with Crippen LogP contribution in [0.1, 0.15) is 11.1 Å². The normalized spacial score (nSPS) is 12.2. The van der Waals surface area contributed by atoms with Crippen molar-refractivity contribution in [1.29, 1.82) is 0 Å². The molecule has 3 heteroatoms. The molecule has 2 nitrogen and oxygen atoms in total. The highest BCUT2D eigenvalue weighted by molar-refractivity contribution is 6.26. The smallest absolute Gasteiger partial charge is 0.224 e. The Kier molecular flexibility index (Phi) is 3.54. The second-order valence-corrected chi connectivity index (χ2v) is 9.19. The van der Waals surface area contributed by atoms with E-state index in [2.05, 4.69) is 84.6 Å². The van der Waals surface area contributed by atoms with E-state index in [-0.39, 0.29) is 5.82 Å². The maximum Gasteiger partial charge on any atom is 0.224 e. The average molecular weight is 430 g/mol. The summed E-state index contributed by atoms with van der Waals surface area (Å²) in [7, 11) is 2.12. The number of nitrogens with zero attached hydrogens (tertiary/aromatic N) is 2. The fourth-order valence-corrected chi connectivity index (χ4v) is 5.68. The summed E-state index contributed by atoms with van der Waals surface area (Å²) in [5.41, 5.74) is 9.46. The zero-order chi connectivity index (χ0) is 22.4. The lowest BCUT2D eigenvalue weighted by atomic mass is 9.94. The summed E-state index contributed by atoms with van der Waals surface area (Å²) in [4.78, 5) is 0. The zero-order valence-electron chi connectivity index (χ0n) is 18.8. The molecule has 0 saturated carbocycles. The molecule has 7 rings (SSSR count). The fourth-order valence-electron chi connectivity index (χ4n) is 5.68. The van der Waals surface area contributed by atoms with Crippen LogP contribution in [0.5, 0.6) is 0 Å². The third kappa shape index (κ3) is 2.34. The van der Waals surface area contributed by atoms with Gasteiger partial charge < -0.3 is 4.40 Å². The molecule has 0 fully saturated rings. The van der Waals surface area contributed by atoms with Crippen LogP contribution in [0.3, 0.4) is 0 Å². The molecule has 33 heavy (non-hydrogen) atoms. The highest BCUT2D eigenvalue weighted by atomic mass is 19.1. The van der Waals surface area contributed by atoms with E-state index < -0.39 is 0 Å². The van der Waals surface area contributed by atoms with Crippen molar-refractivity contribution < 1.29 is 8.96 Å². The minimum Gasteiger partial charge on any atom is -0.307 e. The molecule has 7 aromatic rings. The molecule has 0 amide bonds. The van der Waals surface area contributed by atoms with Gasteiger partial charge in [-0.25, -0.2) is 8.96 Å². The lowest BCUT2D eigenvalue weighted by Gasteiger charge is -2.15. The van der Waals surface area contributed by atoms with Gasteiger partial charge in [-0.15, -0.1) is 0 Å². The largest absolute Gasteiger partial charge is 0.307 e. The fraction of sp³-hybridized carbons (Fsp3) is 0.100. The first kappa shape index (κ1) is 18.6. The topological polar surface area (TPSA) is 8.29 Å². The first-order chi connectivity index (χ1) is 16.0. The van der Waals surface area contributed by atoms with E-state index in [4.69, 9.17) is 0 Å². The van der Waals surface area contributed by atoms with Gasteiger partial charge in [0.15, 0.2) is 6.20 Å². The van der Waals surface area contributed by atoms with E-state index in [1.54, 1.807) is 12.1 Å². The van der Waals surface area contributed by atoms with E-state index in [0.717, 1.165) is 21.8 Å². The highest BCUT2D eigenvalue weighted by Gasteiger charge is 2.25. The van der Waals surface area contributed by atoms with Crippen molar-refractivity contribution in [3.05, 3.63) is 95.9 Å². The summed E-state index contributed by atoms with van der Waals surface area (Å²) in [5.74, 6) is -0.202. The second kappa shape index (κ2) is 6.29. The first-order valence-electron chi connectivity index (χ1n) is 11.3. The molecule has 0 unspecified atom stereocenters. The van der Waals surface area contributed by atoms with Gasteiger partial charge in [0.1, 0.15) is 12.9 Å². The van der Waals surface area contributed by atoms with Crippen molar-refractivity contribution in [2.75, 3.05) is 0 Å². The lowest BCUT2D eigenvalue weighted by Crippen LogP contribution is -2.29. The molecule has 3 aromatic heterocycles. The Morgan fingerprint density at radius 1 is 0.758 bits per heavy atom. The quantitative estimate of drug-likeness (QED) is 0.148. The monoisotopic (exact) mass is 429 g/mol. The van der Waals surface area contributed by atoms with E-state index in [1.165, 1.54) is 49.4 Å². The molecule has 0 atom stereocenters.